The Hall–Kier alpha value is -4.37. The molecule has 1 aromatic heterocycles. The van der Waals surface area contributed by atoms with Crippen molar-refractivity contribution in [2.75, 3.05) is 18.8 Å². The van der Waals surface area contributed by atoms with Gasteiger partial charge in [0, 0.05) is 17.5 Å². The molecule has 3 fully saturated rings. The highest BCUT2D eigenvalue weighted by atomic mass is 32.3. The highest BCUT2D eigenvalue weighted by Crippen LogP contribution is 2.54. The van der Waals surface area contributed by atoms with E-state index >= 15 is 0 Å². The van der Waals surface area contributed by atoms with Crippen LogP contribution in [0.3, 0.4) is 0 Å². The van der Waals surface area contributed by atoms with Gasteiger partial charge in [0.1, 0.15) is 23.3 Å². The number of carbonyl (C=O) groups is 3. The Bertz CT molecular complexity index is 1950. The van der Waals surface area contributed by atoms with E-state index in [1.807, 2.05) is 6.07 Å². The summed E-state index contributed by atoms with van der Waals surface area (Å²) in [4.78, 5) is 53.5. The van der Waals surface area contributed by atoms with E-state index in [0.29, 0.717) is 23.1 Å². The van der Waals surface area contributed by atoms with Gasteiger partial charge in [0.2, 0.25) is 0 Å². The van der Waals surface area contributed by atoms with E-state index in [1.54, 1.807) is 12.1 Å². The van der Waals surface area contributed by atoms with Gasteiger partial charge in [0.05, 0.1) is 11.1 Å². The molecule has 18 nitrogen and oxygen atoms in total. The maximum absolute atomic E-state index is 13.5. The zero-order chi connectivity index (χ0) is 37.9. The molecule has 20 heteroatoms. The molecule has 0 unspecified atom stereocenters. The average Bonchev–Trinajstić information content (AvgIpc) is 3.50. The first kappa shape index (κ1) is 37.4. The number of benzene rings is 1. The number of thiazole rings is 1. The second-order valence-electron chi connectivity index (χ2n) is 14.8. The fraction of sp³-hybridized carbons (Fsp3) is 0.562. The molecule has 4 heterocycles. The van der Waals surface area contributed by atoms with Crippen LogP contribution >= 0.6 is 11.3 Å². The summed E-state index contributed by atoms with van der Waals surface area (Å²) in [6.45, 7) is 8.20. The lowest BCUT2D eigenvalue weighted by Gasteiger charge is -2.55. The van der Waals surface area contributed by atoms with Crippen molar-refractivity contribution < 1.29 is 46.3 Å². The van der Waals surface area contributed by atoms with Crippen molar-refractivity contribution in [1.82, 2.24) is 20.7 Å². The maximum Gasteiger partial charge on any atom is 0.418 e. The van der Waals surface area contributed by atoms with Crippen LogP contribution in [0.5, 0.6) is 5.75 Å². The number of rotatable bonds is 11. The molecule has 8 N–H and O–H groups in total. The molecule has 1 spiro atoms. The standard InChI is InChI=1S/C32H42N8O10S2/c1-29(2)23(26(42)40(29)50-52(45,46)47)37-25(41)22(19-13-51-28(34)36-19)39-49-31(4,27(43)44)21-9-7-17-12-18(6-8-20(17)48-21)24(33)38-30(3)14-32(15-30)10-5-11-35-16-32/h6,8,12-13,21,23,35H,5,7,9-11,14-16H2,1-4H3,(H2,33,38)(H2,34,36)(H,37,41)(H,43,44)(H,45,46,47)/b39-22-/t21-,23-,30?,31+,32?/m1/s1. The summed E-state index contributed by atoms with van der Waals surface area (Å²) in [6.07, 6.45) is 3.86. The number of anilines is 1. The second kappa shape index (κ2) is 13.2. The van der Waals surface area contributed by atoms with Gasteiger partial charge in [-0.3, -0.25) is 19.1 Å². The predicted octanol–water partition coefficient (Wildman–Crippen LogP) is 1.15. The minimum atomic E-state index is -5.03. The number of carboxylic acid groups (broad SMARTS) is 1. The lowest BCUT2D eigenvalue weighted by Crippen LogP contribution is -2.76. The van der Waals surface area contributed by atoms with Crippen molar-refractivity contribution in [1.29, 1.82) is 0 Å². The topological polar surface area (TPSA) is 270 Å². The molecule has 6 rings (SSSR count). The van der Waals surface area contributed by atoms with Crippen molar-refractivity contribution in [3.8, 4) is 5.75 Å². The number of nitrogens with one attached hydrogen (secondary N) is 2. The number of fused-ring (bicyclic) bond motifs is 1. The summed E-state index contributed by atoms with van der Waals surface area (Å²) < 4.78 is 41.9. The molecule has 4 aliphatic rings. The molecule has 1 saturated carbocycles. The average molecular weight is 763 g/mol. The Kier molecular flexibility index (Phi) is 9.52. The van der Waals surface area contributed by atoms with E-state index < -0.39 is 57.2 Å². The first-order chi connectivity index (χ1) is 24.2. The van der Waals surface area contributed by atoms with Crippen LogP contribution in [0.15, 0.2) is 33.7 Å². The predicted molar refractivity (Wildman–Crippen MR) is 188 cm³/mol. The first-order valence-corrected chi connectivity index (χ1v) is 18.9. The third-order valence-corrected chi connectivity index (χ3v) is 11.2. The van der Waals surface area contributed by atoms with Gasteiger partial charge in [0.25, 0.3) is 17.4 Å². The molecule has 0 bridgehead atoms. The molecule has 52 heavy (non-hydrogen) atoms. The van der Waals surface area contributed by atoms with E-state index in [1.165, 1.54) is 32.6 Å². The minimum Gasteiger partial charge on any atom is -0.485 e. The molecule has 2 amide bonds. The van der Waals surface area contributed by atoms with Crippen LogP contribution in [0.4, 0.5) is 5.13 Å². The fourth-order valence-corrected chi connectivity index (χ4v) is 8.66. The summed E-state index contributed by atoms with van der Waals surface area (Å²) in [5.41, 5.74) is 9.74. The van der Waals surface area contributed by atoms with E-state index in [4.69, 9.17) is 30.6 Å². The lowest BCUT2D eigenvalue weighted by molar-refractivity contribution is -0.218. The number of ether oxygens (including phenoxy) is 1. The van der Waals surface area contributed by atoms with Gasteiger partial charge in [0.15, 0.2) is 16.9 Å². The van der Waals surface area contributed by atoms with Crippen molar-refractivity contribution in [2.24, 2.45) is 21.3 Å². The number of carboxylic acids is 1. The van der Waals surface area contributed by atoms with Gasteiger partial charge in [-0.2, -0.15) is 13.5 Å². The van der Waals surface area contributed by atoms with Crippen LogP contribution in [-0.4, -0.2) is 99.4 Å². The molecule has 2 saturated heterocycles. The number of piperidine rings is 1. The number of oxime groups is 1. The largest absolute Gasteiger partial charge is 0.485 e. The second-order valence-corrected chi connectivity index (χ2v) is 16.7. The van der Waals surface area contributed by atoms with Crippen LogP contribution in [0.2, 0.25) is 0 Å². The molecule has 1 aliphatic carbocycles. The number of amides is 2. The van der Waals surface area contributed by atoms with Crippen LogP contribution < -0.4 is 26.8 Å². The monoisotopic (exact) mass is 762 g/mol. The van der Waals surface area contributed by atoms with Crippen LogP contribution in [0.1, 0.15) is 76.6 Å². The van der Waals surface area contributed by atoms with Gasteiger partial charge >= 0.3 is 16.4 Å². The summed E-state index contributed by atoms with van der Waals surface area (Å²) >= 11 is 0.971. The Labute approximate surface area is 303 Å². The van der Waals surface area contributed by atoms with Crippen LogP contribution in [0.25, 0.3) is 0 Å². The lowest BCUT2D eigenvalue weighted by atomic mass is 9.55. The number of hydroxylamine groups is 2. The van der Waals surface area contributed by atoms with Crippen LogP contribution in [0, 0.1) is 5.41 Å². The first-order valence-electron chi connectivity index (χ1n) is 16.6. The third kappa shape index (κ3) is 7.16. The number of aromatic nitrogens is 1. The Morgan fingerprint density at radius 2 is 2.00 bits per heavy atom. The SMILES string of the molecule is CC1(N=C(N)c2ccc3c(c2)CC[C@H]([C@](C)(O/N=C(\C(=O)N[C@@H]2C(=O)N(OS(=O)(=O)O)C2(C)C)c2csc(N)n2)C(=O)O)O3)CC2(CCCNC2)C1. The smallest absolute Gasteiger partial charge is 0.418 e. The van der Waals surface area contributed by atoms with E-state index in [2.05, 4.69) is 32.0 Å². The zero-order valence-electron chi connectivity index (χ0n) is 29.0. The summed E-state index contributed by atoms with van der Waals surface area (Å²) in [5, 5.41) is 22.0. The van der Waals surface area contributed by atoms with E-state index in [0.717, 1.165) is 54.8 Å². The Morgan fingerprint density at radius 3 is 2.60 bits per heavy atom. The summed E-state index contributed by atoms with van der Waals surface area (Å²) in [5.74, 6) is -2.57. The Morgan fingerprint density at radius 1 is 1.27 bits per heavy atom. The van der Waals surface area contributed by atoms with Gasteiger partial charge in [-0.25, -0.2) is 9.78 Å². The Balaban J connectivity index is 1.18. The molecule has 1 aromatic carbocycles. The van der Waals surface area contributed by atoms with E-state index in [9.17, 15) is 27.9 Å². The number of aliphatic imine (C=N–C) groups is 1. The van der Waals surface area contributed by atoms with Crippen LogP contribution in [-0.2, 0) is 40.3 Å². The van der Waals surface area contributed by atoms with Crippen molar-refractivity contribution >= 4 is 56.2 Å². The summed E-state index contributed by atoms with van der Waals surface area (Å²) in [6, 6.07) is 4.04. The van der Waals surface area contributed by atoms with Crippen molar-refractivity contribution in [2.45, 2.75) is 95.0 Å². The summed E-state index contributed by atoms with van der Waals surface area (Å²) in [7, 11) is -5.03. The number of nitrogens with zero attached hydrogens (tertiary/aromatic N) is 4. The van der Waals surface area contributed by atoms with Crippen molar-refractivity contribution in [3.05, 3.63) is 40.4 Å². The van der Waals surface area contributed by atoms with Gasteiger partial charge in [-0.1, -0.05) is 5.16 Å². The minimum absolute atomic E-state index is 0.0637. The number of hydrogen-bond donors (Lipinski definition) is 6. The molecule has 3 aliphatic heterocycles. The highest BCUT2D eigenvalue weighted by molar-refractivity contribution is 7.80. The number of aryl methyl sites for hydroxylation is 1. The molecular formula is C32H42N8O10S2. The zero-order valence-corrected chi connectivity index (χ0v) is 30.7. The number of β-lactam (4-membered cyclic amide) rings is 1. The molecule has 0 radical (unpaired) electrons. The van der Waals surface area contributed by atoms with Gasteiger partial charge < -0.3 is 36.8 Å². The third-order valence-electron chi connectivity index (χ3n) is 10.2. The van der Waals surface area contributed by atoms with Crippen molar-refractivity contribution in [3.63, 3.8) is 0 Å². The fourth-order valence-electron chi connectivity index (χ4n) is 7.66. The van der Waals surface area contributed by atoms with Gasteiger partial charge in [-0.15, -0.1) is 15.6 Å². The normalized spacial score (nSPS) is 28.5. The molecule has 2 aromatic rings. The number of hydrogen-bond acceptors (Lipinski definition) is 14. The molecular weight excluding hydrogens is 721 g/mol. The number of amidine groups is 1. The van der Waals surface area contributed by atoms with Gasteiger partial charge in [-0.05, 0) is 102 Å². The number of nitrogens with two attached hydrogens (primary N) is 2. The number of aliphatic carboxylic acids is 1. The number of nitrogen functional groups attached to an aromatic ring is 1. The maximum atomic E-state index is 13.5. The molecule has 282 valence electrons. The van der Waals surface area contributed by atoms with E-state index in [-0.39, 0.29) is 28.2 Å². The number of carbonyl (C=O) groups excluding carboxylic acids is 2. The molecule has 3 atom stereocenters. The quantitative estimate of drug-likeness (QED) is 0.0617. The highest BCUT2D eigenvalue weighted by Gasteiger charge is 2.58.